The second kappa shape index (κ2) is 10.3. The zero-order valence-corrected chi connectivity index (χ0v) is 19.8. The molecule has 0 aliphatic carbocycles. The van der Waals surface area contributed by atoms with Crippen molar-refractivity contribution < 1.29 is 8.42 Å². The minimum atomic E-state index is -3.55. The van der Waals surface area contributed by atoms with Gasteiger partial charge in [0, 0.05) is 57.6 Å². The Balaban J connectivity index is 1.63. The number of nitrogens with zero attached hydrogens (tertiary/aromatic N) is 5. The highest BCUT2D eigenvalue weighted by molar-refractivity contribution is 7.94. The second-order valence-corrected chi connectivity index (χ2v) is 11.2. The Kier molecular flexibility index (Phi) is 8.05. The van der Waals surface area contributed by atoms with Crippen LogP contribution in [-0.2, 0) is 9.84 Å². The van der Waals surface area contributed by atoms with Crippen molar-refractivity contribution in [3.8, 4) is 6.07 Å². The summed E-state index contributed by atoms with van der Waals surface area (Å²) in [4.78, 5) is 9.26. The number of nitriles is 1. The summed E-state index contributed by atoms with van der Waals surface area (Å²) in [7, 11) is -3.55. The third-order valence-electron chi connectivity index (χ3n) is 7.04. The minimum absolute atomic E-state index is 0.0657. The summed E-state index contributed by atoms with van der Waals surface area (Å²) < 4.78 is 24.7. The number of likely N-dealkylation sites (tertiary alicyclic amines) is 2. The van der Waals surface area contributed by atoms with E-state index in [9.17, 15) is 13.7 Å². The maximum Gasteiger partial charge on any atom is 0.189 e. The Hall–Kier alpha value is -1.30. The minimum Gasteiger partial charge on any atom is -0.355 e. The van der Waals surface area contributed by atoms with Crippen molar-refractivity contribution in [2.24, 2.45) is 0 Å². The van der Waals surface area contributed by atoms with Crippen molar-refractivity contribution >= 4 is 9.84 Å². The van der Waals surface area contributed by atoms with Crippen LogP contribution in [0.25, 0.3) is 0 Å². The first-order valence-electron chi connectivity index (χ1n) is 11.6. The molecule has 0 bridgehead atoms. The van der Waals surface area contributed by atoms with Crippen LogP contribution in [0.3, 0.4) is 0 Å². The Morgan fingerprint density at radius 3 is 1.70 bits per heavy atom. The van der Waals surface area contributed by atoms with Gasteiger partial charge in [0.05, 0.1) is 0 Å². The standard InChI is InChI=1S/C22H39N5O2S/c1-19-8-4-10-24(19)12-6-14-26-16-17-27(22(26)21(18-23)30(3,28)29)15-7-13-25-11-5-9-20(25)2/h19-20H,4-17H2,1-3H3. The Morgan fingerprint density at radius 2 is 1.37 bits per heavy atom. The van der Waals surface area contributed by atoms with Gasteiger partial charge in [-0.2, -0.15) is 5.26 Å². The molecule has 3 heterocycles. The second-order valence-electron chi connectivity index (χ2n) is 9.27. The van der Waals surface area contributed by atoms with Crippen LogP contribution in [0.4, 0.5) is 0 Å². The van der Waals surface area contributed by atoms with Crippen LogP contribution in [-0.4, -0.2) is 98.7 Å². The molecule has 0 amide bonds. The molecule has 0 radical (unpaired) electrons. The van der Waals surface area contributed by atoms with E-state index in [1.807, 2.05) is 6.07 Å². The Morgan fingerprint density at radius 1 is 0.900 bits per heavy atom. The van der Waals surface area contributed by atoms with Crippen molar-refractivity contribution in [1.29, 1.82) is 5.26 Å². The predicted octanol–water partition coefficient (Wildman–Crippen LogP) is 2.09. The molecule has 3 aliphatic rings. The van der Waals surface area contributed by atoms with Gasteiger partial charge in [0.25, 0.3) is 0 Å². The molecule has 0 aromatic rings. The molecule has 3 rings (SSSR count). The zero-order valence-electron chi connectivity index (χ0n) is 19.0. The highest BCUT2D eigenvalue weighted by atomic mass is 32.2. The lowest BCUT2D eigenvalue weighted by Gasteiger charge is -2.28. The van der Waals surface area contributed by atoms with E-state index in [-0.39, 0.29) is 4.91 Å². The normalized spacial score (nSPS) is 26.0. The zero-order chi connectivity index (χ0) is 21.7. The summed E-state index contributed by atoms with van der Waals surface area (Å²) in [5.41, 5.74) is 0. The van der Waals surface area contributed by atoms with Crippen molar-refractivity contribution in [1.82, 2.24) is 19.6 Å². The first kappa shape index (κ1) is 23.4. The molecule has 0 spiro atoms. The fourth-order valence-corrected chi connectivity index (χ4v) is 6.01. The fourth-order valence-electron chi connectivity index (χ4n) is 5.25. The molecule has 3 aliphatic heterocycles. The molecule has 3 fully saturated rings. The van der Waals surface area contributed by atoms with Gasteiger partial charge in [-0.05, 0) is 65.5 Å². The van der Waals surface area contributed by atoms with Crippen molar-refractivity contribution in [2.75, 3.05) is 58.6 Å². The molecule has 8 heteroatoms. The molecule has 170 valence electrons. The van der Waals surface area contributed by atoms with E-state index in [2.05, 4.69) is 33.4 Å². The molecule has 7 nitrogen and oxygen atoms in total. The van der Waals surface area contributed by atoms with Gasteiger partial charge in [-0.1, -0.05) is 0 Å². The Labute approximate surface area is 183 Å². The van der Waals surface area contributed by atoms with Crippen LogP contribution in [0.5, 0.6) is 0 Å². The maximum atomic E-state index is 12.3. The average Bonchev–Trinajstić information content (AvgIpc) is 3.38. The molecule has 30 heavy (non-hydrogen) atoms. The topological polar surface area (TPSA) is 70.9 Å². The van der Waals surface area contributed by atoms with Gasteiger partial charge in [-0.15, -0.1) is 0 Å². The maximum absolute atomic E-state index is 12.3. The quantitative estimate of drug-likeness (QED) is 0.512. The van der Waals surface area contributed by atoms with Gasteiger partial charge in [-0.3, -0.25) is 0 Å². The monoisotopic (exact) mass is 437 g/mol. The third-order valence-corrected chi connectivity index (χ3v) is 8.06. The molecule has 0 aromatic carbocycles. The van der Waals surface area contributed by atoms with Crippen molar-refractivity contribution in [3.05, 3.63) is 10.7 Å². The predicted molar refractivity (Wildman–Crippen MR) is 120 cm³/mol. The van der Waals surface area contributed by atoms with Crippen LogP contribution < -0.4 is 0 Å². The summed E-state index contributed by atoms with van der Waals surface area (Å²) in [6.45, 7) is 12.2. The van der Waals surface area contributed by atoms with Crippen LogP contribution in [0.15, 0.2) is 10.7 Å². The molecule has 0 saturated carbocycles. The van der Waals surface area contributed by atoms with Crippen molar-refractivity contribution in [3.63, 3.8) is 0 Å². The van der Waals surface area contributed by atoms with Crippen LogP contribution in [0.2, 0.25) is 0 Å². The highest BCUT2D eigenvalue weighted by Gasteiger charge is 2.32. The molecule has 2 unspecified atom stereocenters. The molecule has 2 atom stereocenters. The lowest BCUT2D eigenvalue weighted by Crippen LogP contribution is -2.33. The smallest absolute Gasteiger partial charge is 0.189 e. The number of hydrogen-bond donors (Lipinski definition) is 0. The van der Waals surface area contributed by atoms with Gasteiger partial charge in [0.1, 0.15) is 11.9 Å². The van der Waals surface area contributed by atoms with E-state index in [0.717, 1.165) is 71.5 Å². The largest absolute Gasteiger partial charge is 0.355 e. The summed E-state index contributed by atoms with van der Waals surface area (Å²) in [5.74, 6) is 0.643. The summed E-state index contributed by atoms with van der Waals surface area (Å²) in [6, 6.07) is 3.30. The molecular weight excluding hydrogens is 398 g/mol. The molecule has 0 aromatic heterocycles. The first-order valence-corrected chi connectivity index (χ1v) is 13.5. The Bertz CT molecular complexity index is 724. The highest BCUT2D eigenvalue weighted by Crippen LogP contribution is 2.26. The summed E-state index contributed by atoms with van der Waals surface area (Å²) >= 11 is 0. The van der Waals surface area contributed by atoms with E-state index < -0.39 is 9.84 Å². The van der Waals surface area contributed by atoms with Gasteiger partial charge in [0.15, 0.2) is 14.7 Å². The lowest BCUT2D eigenvalue weighted by atomic mass is 10.2. The van der Waals surface area contributed by atoms with E-state index in [4.69, 9.17) is 0 Å². The molecule has 3 saturated heterocycles. The van der Waals surface area contributed by atoms with E-state index in [1.54, 1.807) is 0 Å². The molecule has 0 N–H and O–H groups in total. The third kappa shape index (κ3) is 5.68. The van der Waals surface area contributed by atoms with Gasteiger partial charge in [0.2, 0.25) is 0 Å². The van der Waals surface area contributed by atoms with Gasteiger partial charge >= 0.3 is 0 Å². The van der Waals surface area contributed by atoms with Crippen LogP contribution >= 0.6 is 0 Å². The number of rotatable bonds is 9. The van der Waals surface area contributed by atoms with E-state index >= 15 is 0 Å². The van der Waals surface area contributed by atoms with E-state index in [1.165, 1.54) is 25.7 Å². The number of sulfone groups is 1. The molecular formula is C22H39N5O2S. The van der Waals surface area contributed by atoms with Crippen LogP contribution in [0, 0.1) is 11.3 Å². The van der Waals surface area contributed by atoms with Crippen LogP contribution in [0.1, 0.15) is 52.4 Å². The first-order chi connectivity index (χ1) is 14.3. The van der Waals surface area contributed by atoms with Gasteiger partial charge < -0.3 is 19.6 Å². The van der Waals surface area contributed by atoms with Crippen molar-refractivity contribution in [2.45, 2.75) is 64.5 Å². The average molecular weight is 438 g/mol. The lowest BCUT2D eigenvalue weighted by molar-refractivity contribution is 0.238. The number of hydrogen-bond acceptors (Lipinski definition) is 7. The summed E-state index contributed by atoms with van der Waals surface area (Å²) in [6.07, 6.45) is 8.23. The summed E-state index contributed by atoms with van der Waals surface area (Å²) in [5, 5.41) is 9.67. The van der Waals surface area contributed by atoms with Gasteiger partial charge in [-0.25, -0.2) is 8.42 Å². The van der Waals surface area contributed by atoms with E-state index in [0.29, 0.717) is 17.9 Å². The number of allylic oxidation sites excluding steroid dienone is 1. The fraction of sp³-hybridized carbons (Fsp3) is 0.864. The SMILES string of the molecule is CC1CCCN1CCCN1CCN(CCCN2CCCC2C)C1=C(C#N)S(C)(=O)=O.